The number of hydrogen-bond acceptors (Lipinski definition) is 1. The van der Waals surface area contributed by atoms with Gasteiger partial charge in [-0.1, -0.05) is 63.9 Å². The van der Waals surface area contributed by atoms with E-state index in [0.717, 1.165) is 10.7 Å². The fourth-order valence-electron chi connectivity index (χ4n) is 2.58. The van der Waals surface area contributed by atoms with E-state index in [-0.39, 0.29) is 0 Å². The molecule has 0 aromatic heterocycles. The predicted molar refractivity (Wildman–Crippen MR) is 89.4 cm³/mol. The number of fused-ring (bicyclic) bond motifs is 1. The van der Waals surface area contributed by atoms with E-state index in [0.29, 0.717) is 17.3 Å². The first-order valence-electron chi connectivity index (χ1n) is 6.46. The van der Waals surface area contributed by atoms with Crippen LogP contribution < -0.4 is 0 Å². The smallest absolute Gasteiger partial charge is 0.0107 e. The summed E-state index contributed by atoms with van der Waals surface area (Å²) < 4.78 is 0. The van der Waals surface area contributed by atoms with Gasteiger partial charge < -0.3 is 0 Å². The summed E-state index contributed by atoms with van der Waals surface area (Å²) in [6.07, 6.45) is 1.27. The molecule has 0 aliphatic carbocycles. The van der Waals surface area contributed by atoms with Crippen LogP contribution in [-0.4, -0.2) is 16.4 Å². The zero-order valence-electron chi connectivity index (χ0n) is 11.0. The zero-order chi connectivity index (χ0) is 13.2. The lowest BCUT2D eigenvalue weighted by Gasteiger charge is -2.36. The molecule has 0 saturated carbocycles. The lowest BCUT2D eigenvalue weighted by molar-refractivity contribution is 0.234. The van der Waals surface area contributed by atoms with Crippen molar-refractivity contribution in [3.05, 3.63) is 29.8 Å². The summed E-state index contributed by atoms with van der Waals surface area (Å²) in [5.41, 5.74) is 1.93. The normalized spacial score (nSPS) is 19.3. The molecule has 2 rings (SSSR count). The third-order valence-electron chi connectivity index (χ3n) is 4.21. The molecule has 0 spiro atoms. The highest BCUT2D eigenvalue weighted by Gasteiger charge is 2.36. The van der Waals surface area contributed by atoms with Crippen LogP contribution in [0.1, 0.15) is 31.7 Å². The summed E-state index contributed by atoms with van der Waals surface area (Å²) in [5.74, 6) is 2.64. The number of thioether (sulfide) groups is 1. The maximum absolute atomic E-state index is 3.74. The maximum atomic E-state index is 3.74. The van der Waals surface area contributed by atoms with Crippen LogP contribution in [0.5, 0.6) is 0 Å². The number of rotatable bonds is 5. The zero-order valence-corrected chi connectivity index (χ0v) is 14.9. The molecule has 1 aliphatic rings. The van der Waals surface area contributed by atoms with Crippen molar-refractivity contribution < 1.29 is 0 Å². The van der Waals surface area contributed by atoms with Gasteiger partial charge in [-0.15, -0.1) is 11.8 Å². The van der Waals surface area contributed by atoms with Gasteiger partial charge in [0, 0.05) is 21.3 Å². The molecule has 1 atom stereocenters. The molecule has 0 nitrogen and oxygen atoms in total. The third kappa shape index (κ3) is 2.83. The van der Waals surface area contributed by atoms with Crippen molar-refractivity contribution in [1.29, 1.82) is 0 Å². The minimum Gasteiger partial charge on any atom is -0.125 e. The highest BCUT2D eigenvalue weighted by molar-refractivity contribution is 9.09. The molecular weight excluding hydrogens is 372 g/mol. The van der Waals surface area contributed by atoms with Gasteiger partial charge in [0.15, 0.2) is 0 Å². The molecule has 0 fully saturated rings. The fourth-order valence-corrected chi connectivity index (χ4v) is 6.51. The van der Waals surface area contributed by atoms with Gasteiger partial charge in [0.1, 0.15) is 0 Å². The molecule has 1 heterocycles. The molecule has 0 radical (unpaired) electrons. The van der Waals surface area contributed by atoms with Crippen LogP contribution >= 0.6 is 43.6 Å². The molecule has 1 unspecified atom stereocenters. The second-order valence-electron chi connectivity index (χ2n) is 5.53. The molecule has 18 heavy (non-hydrogen) atoms. The Kier molecular flexibility index (Phi) is 5.24. The molecular formula is C15H20Br2S. The van der Waals surface area contributed by atoms with Crippen LogP contribution in [0.2, 0.25) is 0 Å². The van der Waals surface area contributed by atoms with Crippen molar-refractivity contribution in [1.82, 2.24) is 0 Å². The molecule has 1 aromatic rings. The number of hydrogen-bond donors (Lipinski definition) is 0. The van der Waals surface area contributed by atoms with E-state index in [9.17, 15) is 0 Å². The molecule has 0 amide bonds. The summed E-state index contributed by atoms with van der Waals surface area (Å²) in [4.78, 5) is 1.49. The Morgan fingerprint density at radius 3 is 2.56 bits per heavy atom. The molecule has 0 N–H and O–H groups in total. The molecule has 100 valence electrons. The highest BCUT2D eigenvalue weighted by Crippen LogP contribution is 2.48. The van der Waals surface area contributed by atoms with Crippen molar-refractivity contribution in [2.75, 3.05) is 16.4 Å². The minimum absolute atomic E-state index is 0.364. The Morgan fingerprint density at radius 2 is 1.94 bits per heavy atom. The molecule has 3 heteroatoms. The predicted octanol–water partition coefficient (Wildman–Crippen LogP) is 5.70. The Hall–Kier alpha value is 0.530. The number of halogens is 2. The van der Waals surface area contributed by atoms with Gasteiger partial charge in [0.05, 0.1) is 0 Å². The van der Waals surface area contributed by atoms with Crippen molar-refractivity contribution in [2.45, 2.75) is 31.1 Å². The van der Waals surface area contributed by atoms with Gasteiger partial charge in [-0.3, -0.25) is 0 Å². The monoisotopic (exact) mass is 390 g/mol. The van der Waals surface area contributed by atoms with E-state index in [1.165, 1.54) is 17.1 Å². The summed E-state index contributed by atoms with van der Waals surface area (Å²) in [6.45, 7) is 4.69. The standard InChI is InChI=1S/C15H20Br2S/c1-11(2)15(9-16,10-17)7-12-8-18-14-6-4-3-5-13(12)14/h3-6,11-12H,7-10H2,1-2H3. The summed E-state index contributed by atoms with van der Waals surface area (Å²) in [7, 11) is 0. The Balaban J connectivity index is 2.20. The summed E-state index contributed by atoms with van der Waals surface area (Å²) in [6, 6.07) is 8.91. The minimum atomic E-state index is 0.364. The SMILES string of the molecule is CC(C)C(CBr)(CBr)CC1CSc2ccccc21. The van der Waals surface area contributed by atoms with Crippen molar-refractivity contribution in [3.8, 4) is 0 Å². The van der Waals surface area contributed by atoms with Crippen molar-refractivity contribution >= 4 is 43.6 Å². The van der Waals surface area contributed by atoms with Gasteiger partial charge in [0.25, 0.3) is 0 Å². The molecule has 1 aliphatic heterocycles. The second kappa shape index (κ2) is 6.32. The molecule has 0 saturated heterocycles. The van der Waals surface area contributed by atoms with E-state index in [1.807, 2.05) is 11.8 Å². The summed E-state index contributed by atoms with van der Waals surface area (Å²) >= 11 is 9.51. The van der Waals surface area contributed by atoms with Crippen LogP contribution in [0.25, 0.3) is 0 Å². The first kappa shape index (κ1) is 14.9. The number of benzene rings is 1. The van der Waals surface area contributed by atoms with Crippen LogP contribution in [0.4, 0.5) is 0 Å². The van der Waals surface area contributed by atoms with Crippen LogP contribution in [-0.2, 0) is 0 Å². The lowest BCUT2D eigenvalue weighted by atomic mass is 9.73. The average molecular weight is 392 g/mol. The third-order valence-corrected chi connectivity index (χ3v) is 7.69. The van der Waals surface area contributed by atoms with E-state index in [2.05, 4.69) is 70.0 Å². The summed E-state index contributed by atoms with van der Waals surface area (Å²) in [5, 5.41) is 2.15. The largest absolute Gasteiger partial charge is 0.125 e. The Bertz CT molecular complexity index is 399. The first-order chi connectivity index (χ1) is 8.63. The van der Waals surface area contributed by atoms with E-state index < -0.39 is 0 Å². The van der Waals surface area contributed by atoms with Crippen molar-refractivity contribution in [2.24, 2.45) is 11.3 Å². The topological polar surface area (TPSA) is 0 Å². The van der Waals surface area contributed by atoms with E-state index >= 15 is 0 Å². The average Bonchev–Trinajstić information content (AvgIpc) is 2.79. The quantitative estimate of drug-likeness (QED) is 0.580. The van der Waals surface area contributed by atoms with Gasteiger partial charge in [0.2, 0.25) is 0 Å². The maximum Gasteiger partial charge on any atom is 0.0107 e. The van der Waals surface area contributed by atoms with Crippen molar-refractivity contribution in [3.63, 3.8) is 0 Å². The van der Waals surface area contributed by atoms with E-state index in [1.54, 1.807) is 5.56 Å². The van der Waals surface area contributed by atoms with Crippen LogP contribution in [0.3, 0.4) is 0 Å². The lowest BCUT2D eigenvalue weighted by Crippen LogP contribution is -2.33. The Morgan fingerprint density at radius 1 is 1.28 bits per heavy atom. The Labute approximate surface area is 132 Å². The molecule has 0 bridgehead atoms. The fraction of sp³-hybridized carbons (Fsp3) is 0.600. The highest BCUT2D eigenvalue weighted by atomic mass is 79.9. The van der Waals surface area contributed by atoms with Crippen LogP contribution in [0.15, 0.2) is 29.2 Å². The van der Waals surface area contributed by atoms with Gasteiger partial charge in [-0.2, -0.15) is 0 Å². The van der Waals surface area contributed by atoms with Crippen LogP contribution in [0, 0.1) is 11.3 Å². The van der Waals surface area contributed by atoms with E-state index in [4.69, 9.17) is 0 Å². The number of alkyl halides is 2. The van der Waals surface area contributed by atoms with Gasteiger partial charge in [-0.05, 0) is 35.3 Å². The second-order valence-corrected chi connectivity index (χ2v) is 7.72. The van der Waals surface area contributed by atoms with Gasteiger partial charge in [-0.25, -0.2) is 0 Å². The molecule has 1 aromatic carbocycles. The van der Waals surface area contributed by atoms with Gasteiger partial charge >= 0.3 is 0 Å². The first-order valence-corrected chi connectivity index (χ1v) is 9.69.